The van der Waals surface area contributed by atoms with Gasteiger partial charge in [-0.15, -0.1) is 0 Å². The number of para-hydroxylation sites is 1. The molecule has 3 rings (SSSR count). The minimum Gasteiger partial charge on any atom is -0.493 e. The fraction of sp³-hybridized carbons (Fsp3) is 0.409. The van der Waals surface area contributed by atoms with Gasteiger partial charge >= 0.3 is 0 Å². The Morgan fingerprint density at radius 2 is 1.79 bits per heavy atom. The van der Waals surface area contributed by atoms with Crippen LogP contribution in [0.25, 0.3) is 0 Å². The Labute approximate surface area is 172 Å². The largest absolute Gasteiger partial charge is 0.493 e. The number of rotatable bonds is 8. The molecule has 1 atom stereocenters. The number of methoxy groups -OCH3 is 3. The number of nitrogens with zero attached hydrogens (tertiary/aromatic N) is 1. The van der Waals surface area contributed by atoms with Gasteiger partial charge in [-0.1, -0.05) is 18.2 Å². The lowest BCUT2D eigenvalue weighted by Crippen LogP contribution is -2.42. The number of hydrogen-bond acceptors (Lipinski definition) is 5. The van der Waals surface area contributed by atoms with Crippen molar-refractivity contribution in [1.82, 2.24) is 10.6 Å². The predicted octanol–water partition coefficient (Wildman–Crippen LogP) is 2.77. The van der Waals surface area contributed by atoms with E-state index in [0.717, 1.165) is 30.2 Å². The standard InChI is InChI=1S/C22H29N3O4/c1-5-23-22(25-14-17-12-16-8-6-7-9-18(16)29-17)24-13-15-10-19(26-2)21(28-4)20(11-15)27-3/h6-11,17H,5,12-14H2,1-4H3,(H2,23,24,25). The van der Waals surface area contributed by atoms with Crippen molar-refractivity contribution in [1.29, 1.82) is 0 Å². The summed E-state index contributed by atoms with van der Waals surface area (Å²) in [5.74, 6) is 3.52. The first-order valence-corrected chi connectivity index (χ1v) is 9.74. The molecule has 0 fully saturated rings. The van der Waals surface area contributed by atoms with E-state index < -0.39 is 0 Å². The second kappa shape index (κ2) is 9.91. The van der Waals surface area contributed by atoms with E-state index in [1.807, 2.05) is 37.3 Å². The van der Waals surface area contributed by atoms with Crippen molar-refractivity contribution in [3.05, 3.63) is 47.5 Å². The van der Waals surface area contributed by atoms with Gasteiger partial charge < -0.3 is 29.6 Å². The smallest absolute Gasteiger partial charge is 0.203 e. The summed E-state index contributed by atoms with van der Waals surface area (Å²) in [7, 11) is 4.81. The summed E-state index contributed by atoms with van der Waals surface area (Å²) in [5, 5.41) is 6.65. The van der Waals surface area contributed by atoms with Gasteiger partial charge in [0, 0.05) is 13.0 Å². The van der Waals surface area contributed by atoms with E-state index in [1.165, 1.54) is 5.56 Å². The fourth-order valence-electron chi connectivity index (χ4n) is 3.32. The van der Waals surface area contributed by atoms with Crippen LogP contribution in [0.15, 0.2) is 41.4 Å². The van der Waals surface area contributed by atoms with Crippen LogP contribution in [-0.2, 0) is 13.0 Å². The van der Waals surface area contributed by atoms with Crippen LogP contribution in [0.5, 0.6) is 23.0 Å². The molecule has 0 saturated carbocycles. The van der Waals surface area contributed by atoms with Crippen molar-refractivity contribution < 1.29 is 18.9 Å². The molecular weight excluding hydrogens is 370 g/mol. The quantitative estimate of drug-likeness (QED) is 0.525. The second-order valence-corrected chi connectivity index (χ2v) is 6.66. The normalized spacial score (nSPS) is 15.3. The molecule has 0 spiro atoms. The highest BCUT2D eigenvalue weighted by atomic mass is 16.5. The summed E-state index contributed by atoms with van der Waals surface area (Å²) in [4.78, 5) is 4.69. The van der Waals surface area contributed by atoms with Crippen LogP contribution in [0.3, 0.4) is 0 Å². The molecule has 2 N–H and O–H groups in total. The van der Waals surface area contributed by atoms with E-state index in [-0.39, 0.29) is 6.10 Å². The highest BCUT2D eigenvalue weighted by molar-refractivity contribution is 5.79. The third kappa shape index (κ3) is 5.04. The highest BCUT2D eigenvalue weighted by Crippen LogP contribution is 2.38. The van der Waals surface area contributed by atoms with E-state index in [0.29, 0.717) is 30.3 Å². The molecule has 0 aromatic heterocycles. The van der Waals surface area contributed by atoms with Crippen LogP contribution in [-0.4, -0.2) is 46.5 Å². The Bertz CT molecular complexity index is 804. The van der Waals surface area contributed by atoms with Crippen LogP contribution >= 0.6 is 0 Å². The lowest BCUT2D eigenvalue weighted by molar-refractivity contribution is 0.235. The summed E-state index contributed by atoms with van der Waals surface area (Å²) in [5.41, 5.74) is 2.21. The van der Waals surface area contributed by atoms with Crippen molar-refractivity contribution in [2.45, 2.75) is 26.0 Å². The Morgan fingerprint density at radius 3 is 2.41 bits per heavy atom. The molecule has 7 nitrogen and oxygen atoms in total. The molecule has 156 valence electrons. The van der Waals surface area contributed by atoms with Gasteiger partial charge in [0.15, 0.2) is 17.5 Å². The van der Waals surface area contributed by atoms with E-state index in [9.17, 15) is 0 Å². The fourth-order valence-corrected chi connectivity index (χ4v) is 3.32. The molecule has 29 heavy (non-hydrogen) atoms. The third-order valence-corrected chi connectivity index (χ3v) is 4.70. The minimum absolute atomic E-state index is 0.0948. The number of nitrogens with one attached hydrogen (secondary N) is 2. The first kappa shape index (κ1) is 20.6. The zero-order chi connectivity index (χ0) is 20.6. The predicted molar refractivity (Wildman–Crippen MR) is 113 cm³/mol. The minimum atomic E-state index is 0.0948. The van der Waals surface area contributed by atoms with Crippen LogP contribution in [0, 0.1) is 0 Å². The van der Waals surface area contributed by atoms with Gasteiger partial charge in [0.2, 0.25) is 5.75 Å². The third-order valence-electron chi connectivity index (χ3n) is 4.70. The lowest BCUT2D eigenvalue weighted by Gasteiger charge is -2.16. The SMILES string of the molecule is CCNC(=NCc1cc(OC)c(OC)c(OC)c1)NCC1Cc2ccccc2O1. The number of guanidine groups is 1. The molecule has 2 aromatic rings. The molecule has 0 bridgehead atoms. The topological polar surface area (TPSA) is 73.3 Å². The Hall–Kier alpha value is -3.09. The van der Waals surface area contributed by atoms with Crippen molar-refractivity contribution in [3.8, 4) is 23.0 Å². The average Bonchev–Trinajstić information content (AvgIpc) is 3.17. The zero-order valence-electron chi connectivity index (χ0n) is 17.5. The van der Waals surface area contributed by atoms with Gasteiger partial charge in [0.1, 0.15) is 11.9 Å². The number of aliphatic imine (C=N–C) groups is 1. The van der Waals surface area contributed by atoms with Crippen molar-refractivity contribution in [2.75, 3.05) is 34.4 Å². The zero-order valence-corrected chi connectivity index (χ0v) is 17.5. The molecule has 1 heterocycles. The van der Waals surface area contributed by atoms with Gasteiger partial charge in [-0.3, -0.25) is 0 Å². The number of benzene rings is 2. The summed E-state index contributed by atoms with van der Waals surface area (Å²) in [6, 6.07) is 12.0. The van der Waals surface area contributed by atoms with Gasteiger partial charge in [0.25, 0.3) is 0 Å². The molecular formula is C22H29N3O4. The van der Waals surface area contributed by atoms with Crippen molar-refractivity contribution in [3.63, 3.8) is 0 Å². The van der Waals surface area contributed by atoms with Gasteiger partial charge in [-0.25, -0.2) is 4.99 Å². The first-order chi connectivity index (χ1) is 14.2. The summed E-state index contributed by atoms with van der Waals surface area (Å²) in [6.45, 7) is 3.96. The van der Waals surface area contributed by atoms with E-state index >= 15 is 0 Å². The maximum absolute atomic E-state index is 5.99. The molecule has 1 unspecified atom stereocenters. The molecule has 0 saturated heterocycles. The maximum Gasteiger partial charge on any atom is 0.203 e. The summed E-state index contributed by atoms with van der Waals surface area (Å²) < 4.78 is 22.2. The molecule has 7 heteroatoms. The molecule has 0 amide bonds. The molecule has 1 aliphatic rings. The van der Waals surface area contributed by atoms with Gasteiger partial charge in [-0.05, 0) is 36.2 Å². The van der Waals surface area contributed by atoms with Crippen molar-refractivity contribution >= 4 is 5.96 Å². The second-order valence-electron chi connectivity index (χ2n) is 6.66. The number of ether oxygens (including phenoxy) is 4. The number of fused-ring (bicyclic) bond motifs is 1. The lowest BCUT2D eigenvalue weighted by atomic mass is 10.1. The van der Waals surface area contributed by atoms with E-state index in [4.69, 9.17) is 18.9 Å². The highest BCUT2D eigenvalue weighted by Gasteiger charge is 2.22. The van der Waals surface area contributed by atoms with Gasteiger partial charge in [-0.2, -0.15) is 0 Å². The Kier molecular flexibility index (Phi) is 7.05. The summed E-state index contributed by atoms with van der Waals surface area (Å²) >= 11 is 0. The van der Waals surface area contributed by atoms with Gasteiger partial charge in [0.05, 0.1) is 34.4 Å². The monoisotopic (exact) mass is 399 g/mol. The average molecular weight is 399 g/mol. The van der Waals surface area contributed by atoms with E-state index in [1.54, 1.807) is 21.3 Å². The molecule has 0 radical (unpaired) electrons. The first-order valence-electron chi connectivity index (χ1n) is 9.74. The summed E-state index contributed by atoms with van der Waals surface area (Å²) in [6.07, 6.45) is 0.993. The number of hydrogen-bond donors (Lipinski definition) is 2. The Balaban J connectivity index is 1.65. The Morgan fingerprint density at radius 1 is 1.07 bits per heavy atom. The van der Waals surface area contributed by atoms with Crippen LogP contribution < -0.4 is 29.6 Å². The van der Waals surface area contributed by atoms with Crippen LogP contribution in [0.4, 0.5) is 0 Å². The molecule has 2 aromatic carbocycles. The van der Waals surface area contributed by atoms with Crippen LogP contribution in [0.1, 0.15) is 18.1 Å². The maximum atomic E-state index is 5.99. The van der Waals surface area contributed by atoms with Crippen molar-refractivity contribution in [2.24, 2.45) is 4.99 Å². The van der Waals surface area contributed by atoms with Crippen LogP contribution in [0.2, 0.25) is 0 Å². The molecule has 1 aliphatic heterocycles. The van der Waals surface area contributed by atoms with E-state index in [2.05, 4.69) is 21.7 Å². The molecule has 0 aliphatic carbocycles.